The van der Waals surface area contributed by atoms with Crippen LogP contribution in [0.25, 0.3) is 11.1 Å². The van der Waals surface area contributed by atoms with Gasteiger partial charge in [-0.05, 0) is 47.9 Å². The first-order valence-electron chi connectivity index (χ1n) is 12.0. The molecule has 0 spiro atoms. The van der Waals surface area contributed by atoms with Crippen LogP contribution in [0.1, 0.15) is 55.6 Å². The number of likely N-dealkylation sites (N-methyl/N-ethyl adjacent to an activating group) is 1. The van der Waals surface area contributed by atoms with Gasteiger partial charge in [0.25, 0.3) is 0 Å². The van der Waals surface area contributed by atoms with E-state index in [4.69, 9.17) is 9.84 Å². The molecule has 34 heavy (non-hydrogen) atoms. The Morgan fingerprint density at radius 3 is 2.12 bits per heavy atom. The molecule has 2 amide bonds. The van der Waals surface area contributed by atoms with Gasteiger partial charge in [-0.1, -0.05) is 61.4 Å². The zero-order chi connectivity index (χ0) is 23.9. The number of fused-ring (bicyclic) bond motifs is 3. The maximum Gasteiger partial charge on any atom is 0.408 e. The summed E-state index contributed by atoms with van der Waals surface area (Å²) in [6.45, 7) is 0.197. The zero-order valence-electron chi connectivity index (χ0n) is 19.3. The van der Waals surface area contributed by atoms with Crippen LogP contribution >= 0.6 is 0 Å². The second-order valence-corrected chi connectivity index (χ2v) is 9.82. The third-order valence-corrected chi connectivity index (χ3v) is 7.88. The number of alkyl carbamates (subject to hydrolysis) is 1. The molecule has 2 fully saturated rings. The van der Waals surface area contributed by atoms with E-state index in [9.17, 15) is 14.4 Å². The van der Waals surface area contributed by atoms with Crippen molar-refractivity contribution in [3.05, 3.63) is 59.7 Å². The smallest absolute Gasteiger partial charge is 0.408 e. The molecule has 3 aliphatic carbocycles. The first-order chi connectivity index (χ1) is 16.4. The summed E-state index contributed by atoms with van der Waals surface area (Å²) in [6, 6.07) is 16.2. The van der Waals surface area contributed by atoms with Crippen LogP contribution in [0, 0.1) is 5.92 Å². The lowest BCUT2D eigenvalue weighted by molar-refractivity contribution is -0.152. The Hall–Kier alpha value is -3.35. The van der Waals surface area contributed by atoms with Crippen molar-refractivity contribution >= 4 is 18.0 Å². The van der Waals surface area contributed by atoms with E-state index < -0.39 is 23.5 Å². The number of hydrogen-bond acceptors (Lipinski definition) is 4. The van der Waals surface area contributed by atoms with Crippen molar-refractivity contribution in [1.82, 2.24) is 10.2 Å². The van der Waals surface area contributed by atoms with Crippen LogP contribution in [-0.2, 0) is 14.3 Å². The highest BCUT2D eigenvalue weighted by Crippen LogP contribution is 2.44. The van der Waals surface area contributed by atoms with Crippen molar-refractivity contribution in [3.8, 4) is 11.1 Å². The van der Waals surface area contributed by atoms with E-state index in [1.165, 1.54) is 0 Å². The molecule has 0 aromatic heterocycles. The van der Waals surface area contributed by atoms with Gasteiger partial charge in [-0.15, -0.1) is 0 Å². The van der Waals surface area contributed by atoms with Crippen molar-refractivity contribution in [2.45, 2.75) is 56.0 Å². The SMILES string of the molecule is CN(C(=O)C1(NC(=O)OCC2c3ccccc3-c3ccccc32)CCCC1)C1CC(C(=O)O)C1. The van der Waals surface area contributed by atoms with Gasteiger partial charge in [0.05, 0.1) is 5.92 Å². The Morgan fingerprint density at radius 2 is 1.56 bits per heavy atom. The number of benzene rings is 2. The average molecular weight is 463 g/mol. The largest absolute Gasteiger partial charge is 0.481 e. The molecule has 5 rings (SSSR count). The lowest BCUT2D eigenvalue weighted by Gasteiger charge is -2.43. The van der Waals surface area contributed by atoms with E-state index in [1.54, 1.807) is 11.9 Å². The number of nitrogens with zero attached hydrogens (tertiary/aromatic N) is 1. The quantitative estimate of drug-likeness (QED) is 0.672. The summed E-state index contributed by atoms with van der Waals surface area (Å²) >= 11 is 0. The van der Waals surface area contributed by atoms with Gasteiger partial charge in [-0.3, -0.25) is 9.59 Å². The minimum Gasteiger partial charge on any atom is -0.481 e. The molecule has 7 nitrogen and oxygen atoms in total. The first-order valence-corrected chi connectivity index (χ1v) is 12.0. The Morgan fingerprint density at radius 1 is 1.00 bits per heavy atom. The fourth-order valence-corrected chi connectivity index (χ4v) is 5.81. The Kier molecular flexibility index (Phi) is 5.80. The standard InChI is InChI=1S/C27H30N2O5/c1-29(18-14-17(15-18)24(30)31)25(32)27(12-6-7-13-27)28-26(33)34-16-23-21-10-4-2-8-19(21)20-9-3-5-11-22(20)23/h2-5,8-11,17-18,23H,6-7,12-16H2,1H3,(H,28,33)(H,30,31). The number of carbonyl (C=O) groups excluding carboxylic acids is 2. The molecule has 178 valence electrons. The second-order valence-electron chi connectivity index (χ2n) is 9.82. The summed E-state index contributed by atoms with van der Waals surface area (Å²) in [5.74, 6) is -1.40. The highest BCUT2D eigenvalue weighted by molar-refractivity contribution is 5.90. The molecular weight excluding hydrogens is 432 g/mol. The van der Waals surface area contributed by atoms with E-state index in [-0.39, 0.29) is 24.5 Å². The van der Waals surface area contributed by atoms with Crippen LogP contribution < -0.4 is 5.32 Å². The third kappa shape index (κ3) is 3.83. The molecule has 0 unspecified atom stereocenters. The lowest BCUT2D eigenvalue weighted by atomic mass is 9.78. The van der Waals surface area contributed by atoms with E-state index in [1.807, 2.05) is 24.3 Å². The predicted molar refractivity (Wildman–Crippen MR) is 126 cm³/mol. The number of rotatable bonds is 6. The summed E-state index contributed by atoms with van der Waals surface area (Å²) in [5.41, 5.74) is 3.63. The number of hydrogen-bond donors (Lipinski definition) is 2. The minimum atomic E-state index is -0.981. The average Bonchev–Trinajstić information content (AvgIpc) is 3.39. The van der Waals surface area contributed by atoms with E-state index >= 15 is 0 Å². The molecule has 0 heterocycles. The van der Waals surface area contributed by atoms with Crippen LogP contribution in [0.15, 0.2) is 48.5 Å². The number of nitrogens with one attached hydrogen (secondary N) is 1. The van der Waals surface area contributed by atoms with Gasteiger partial charge in [0.2, 0.25) is 5.91 Å². The van der Waals surface area contributed by atoms with Crippen molar-refractivity contribution in [1.29, 1.82) is 0 Å². The van der Waals surface area contributed by atoms with E-state index in [2.05, 4.69) is 29.6 Å². The van der Waals surface area contributed by atoms with Crippen molar-refractivity contribution < 1.29 is 24.2 Å². The molecule has 0 aliphatic heterocycles. The number of amides is 2. The molecular formula is C27H30N2O5. The Labute approximate surface area is 199 Å². The van der Waals surface area contributed by atoms with Crippen molar-refractivity contribution in [2.75, 3.05) is 13.7 Å². The number of carboxylic acid groups (broad SMARTS) is 1. The maximum absolute atomic E-state index is 13.4. The second kappa shape index (κ2) is 8.78. The van der Waals surface area contributed by atoms with Gasteiger partial charge in [-0.25, -0.2) is 4.79 Å². The van der Waals surface area contributed by atoms with Gasteiger partial charge in [-0.2, -0.15) is 0 Å². The highest BCUT2D eigenvalue weighted by atomic mass is 16.5. The molecule has 0 radical (unpaired) electrons. The lowest BCUT2D eigenvalue weighted by Crippen LogP contribution is -2.61. The molecule has 0 atom stereocenters. The summed E-state index contributed by atoms with van der Waals surface area (Å²) in [4.78, 5) is 39.1. The monoisotopic (exact) mass is 462 g/mol. The van der Waals surface area contributed by atoms with Crippen molar-refractivity contribution in [3.63, 3.8) is 0 Å². The van der Waals surface area contributed by atoms with E-state index in [0.29, 0.717) is 25.7 Å². The van der Waals surface area contributed by atoms with Crippen LogP contribution in [0.5, 0.6) is 0 Å². The normalized spacial score (nSPS) is 22.3. The van der Waals surface area contributed by atoms with Crippen LogP contribution in [0.2, 0.25) is 0 Å². The van der Waals surface area contributed by atoms with Gasteiger partial charge >= 0.3 is 12.1 Å². The van der Waals surface area contributed by atoms with Gasteiger partial charge < -0.3 is 20.1 Å². The highest BCUT2D eigenvalue weighted by Gasteiger charge is 2.48. The third-order valence-electron chi connectivity index (χ3n) is 7.88. The minimum absolute atomic E-state index is 0.0426. The van der Waals surface area contributed by atoms with Gasteiger partial charge in [0.1, 0.15) is 12.1 Å². The summed E-state index contributed by atoms with van der Waals surface area (Å²) < 4.78 is 5.71. The maximum atomic E-state index is 13.4. The van der Waals surface area contributed by atoms with Crippen LogP contribution in [0.3, 0.4) is 0 Å². The fourth-order valence-electron chi connectivity index (χ4n) is 5.81. The van der Waals surface area contributed by atoms with Gasteiger partial charge in [0.15, 0.2) is 0 Å². The Balaban J connectivity index is 1.25. The summed E-state index contributed by atoms with van der Waals surface area (Å²) in [6.07, 6.45) is 3.17. The molecule has 3 aliphatic rings. The zero-order valence-corrected chi connectivity index (χ0v) is 19.3. The molecule has 0 saturated heterocycles. The van der Waals surface area contributed by atoms with E-state index in [0.717, 1.165) is 35.1 Å². The van der Waals surface area contributed by atoms with Crippen molar-refractivity contribution in [2.24, 2.45) is 5.92 Å². The van der Waals surface area contributed by atoms with Gasteiger partial charge in [0, 0.05) is 19.0 Å². The van der Waals surface area contributed by atoms with Crippen LogP contribution in [-0.4, -0.2) is 53.2 Å². The summed E-state index contributed by atoms with van der Waals surface area (Å²) in [7, 11) is 1.71. The Bertz CT molecular complexity index is 1070. The number of carboxylic acids is 1. The molecule has 2 aromatic carbocycles. The molecule has 2 N–H and O–H groups in total. The summed E-state index contributed by atoms with van der Waals surface area (Å²) in [5, 5.41) is 12.1. The molecule has 2 saturated carbocycles. The van der Waals surface area contributed by atoms with Crippen LogP contribution in [0.4, 0.5) is 4.79 Å². The fraction of sp³-hybridized carbons (Fsp3) is 0.444. The molecule has 2 aromatic rings. The first kappa shape index (κ1) is 22.4. The molecule has 7 heteroatoms. The topological polar surface area (TPSA) is 95.9 Å². The number of ether oxygens (including phenoxy) is 1. The number of aliphatic carboxylic acids is 1. The molecule has 0 bridgehead atoms. The predicted octanol–water partition coefficient (Wildman–Crippen LogP) is 4.16. The number of carbonyl (C=O) groups is 3.